The van der Waals surface area contributed by atoms with Crippen LogP contribution < -0.4 is 19.5 Å². The lowest BCUT2D eigenvalue weighted by molar-refractivity contribution is -0.125. The fraction of sp³-hybridized carbons (Fsp3) is 0.235. The molecule has 1 atom stereocenters. The molecule has 1 N–H and O–H groups in total. The van der Waals surface area contributed by atoms with Gasteiger partial charge in [-0.3, -0.25) is 4.79 Å². The SMILES string of the molecule is CCOc1ccc(NC(=O)C2COc3ccccc3O2)cc1. The first-order valence-corrected chi connectivity index (χ1v) is 7.18. The highest BCUT2D eigenvalue weighted by molar-refractivity contribution is 5.94. The molecule has 0 saturated carbocycles. The third kappa shape index (κ3) is 3.14. The first-order chi connectivity index (χ1) is 10.8. The number of nitrogens with one attached hydrogen (secondary N) is 1. The van der Waals surface area contributed by atoms with E-state index < -0.39 is 6.10 Å². The molecule has 114 valence electrons. The van der Waals surface area contributed by atoms with Crippen molar-refractivity contribution >= 4 is 11.6 Å². The van der Waals surface area contributed by atoms with E-state index in [0.717, 1.165) is 5.75 Å². The summed E-state index contributed by atoms with van der Waals surface area (Å²) in [6, 6.07) is 14.5. The Labute approximate surface area is 128 Å². The van der Waals surface area contributed by atoms with Gasteiger partial charge in [0.2, 0.25) is 6.10 Å². The van der Waals surface area contributed by atoms with E-state index in [1.165, 1.54) is 0 Å². The van der Waals surface area contributed by atoms with Crippen molar-refractivity contribution in [2.75, 3.05) is 18.5 Å². The topological polar surface area (TPSA) is 56.8 Å². The highest BCUT2D eigenvalue weighted by Gasteiger charge is 2.27. The lowest BCUT2D eigenvalue weighted by Gasteiger charge is -2.25. The van der Waals surface area contributed by atoms with Crippen LogP contribution in [-0.4, -0.2) is 25.2 Å². The minimum absolute atomic E-state index is 0.194. The average molecular weight is 299 g/mol. The van der Waals surface area contributed by atoms with Gasteiger partial charge in [0.25, 0.3) is 5.91 Å². The summed E-state index contributed by atoms with van der Waals surface area (Å²) in [5, 5.41) is 2.81. The highest BCUT2D eigenvalue weighted by Crippen LogP contribution is 2.31. The van der Waals surface area contributed by atoms with E-state index in [0.29, 0.717) is 23.8 Å². The Hall–Kier alpha value is -2.69. The van der Waals surface area contributed by atoms with Crippen molar-refractivity contribution in [3.63, 3.8) is 0 Å². The van der Waals surface area contributed by atoms with Gasteiger partial charge in [0.1, 0.15) is 12.4 Å². The summed E-state index contributed by atoms with van der Waals surface area (Å²) in [5.74, 6) is 1.78. The van der Waals surface area contributed by atoms with Gasteiger partial charge in [-0.2, -0.15) is 0 Å². The fourth-order valence-electron chi connectivity index (χ4n) is 2.17. The fourth-order valence-corrected chi connectivity index (χ4v) is 2.17. The number of hydrogen-bond donors (Lipinski definition) is 1. The third-order valence-electron chi connectivity index (χ3n) is 3.23. The van der Waals surface area contributed by atoms with E-state index in [-0.39, 0.29) is 12.5 Å². The molecule has 3 rings (SSSR count). The maximum Gasteiger partial charge on any atom is 0.269 e. The van der Waals surface area contributed by atoms with Crippen molar-refractivity contribution < 1.29 is 19.0 Å². The molecule has 2 aromatic rings. The molecule has 1 amide bonds. The molecule has 22 heavy (non-hydrogen) atoms. The molecule has 0 aliphatic carbocycles. The summed E-state index contributed by atoms with van der Waals surface area (Å²) in [5.41, 5.74) is 0.691. The van der Waals surface area contributed by atoms with Crippen molar-refractivity contribution in [2.24, 2.45) is 0 Å². The zero-order chi connectivity index (χ0) is 15.4. The predicted molar refractivity (Wildman–Crippen MR) is 82.6 cm³/mol. The molecule has 5 nitrogen and oxygen atoms in total. The highest BCUT2D eigenvalue weighted by atomic mass is 16.6. The molecule has 5 heteroatoms. The van der Waals surface area contributed by atoms with Gasteiger partial charge in [-0.05, 0) is 43.3 Å². The van der Waals surface area contributed by atoms with Gasteiger partial charge in [-0.1, -0.05) is 12.1 Å². The van der Waals surface area contributed by atoms with Crippen LogP contribution in [0.3, 0.4) is 0 Å². The molecule has 1 aliphatic rings. The lowest BCUT2D eigenvalue weighted by Crippen LogP contribution is -2.40. The van der Waals surface area contributed by atoms with Crippen LogP contribution in [0.25, 0.3) is 0 Å². The zero-order valence-electron chi connectivity index (χ0n) is 12.2. The molecule has 0 fully saturated rings. The van der Waals surface area contributed by atoms with Gasteiger partial charge in [0.15, 0.2) is 11.5 Å². The Morgan fingerprint density at radius 1 is 1.18 bits per heavy atom. The zero-order valence-corrected chi connectivity index (χ0v) is 12.2. The molecule has 1 heterocycles. The second kappa shape index (κ2) is 6.39. The van der Waals surface area contributed by atoms with E-state index >= 15 is 0 Å². The second-order valence-corrected chi connectivity index (χ2v) is 4.81. The average Bonchev–Trinajstić information content (AvgIpc) is 2.56. The molecular formula is C17H17NO4. The van der Waals surface area contributed by atoms with Crippen LogP contribution in [0.15, 0.2) is 48.5 Å². The molecule has 2 aromatic carbocycles. The van der Waals surface area contributed by atoms with Crippen LogP contribution in [0, 0.1) is 0 Å². The standard InChI is InChI=1S/C17H17NO4/c1-2-20-13-9-7-12(8-10-13)18-17(19)16-11-21-14-5-3-4-6-15(14)22-16/h3-10,16H,2,11H2,1H3,(H,18,19). The number of fused-ring (bicyclic) bond motifs is 1. The minimum Gasteiger partial charge on any atom is -0.494 e. The van der Waals surface area contributed by atoms with Crippen LogP contribution in [0.4, 0.5) is 5.69 Å². The van der Waals surface area contributed by atoms with Crippen LogP contribution in [0.2, 0.25) is 0 Å². The molecule has 1 unspecified atom stereocenters. The summed E-state index contributed by atoms with van der Waals surface area (Å²) in [7, 11) is 0. The van der Waals surface area contributed by atoms with Crippen molar-refractivity contribution in [3.8, 4) is 17.2 Å². The normalized spacial score (nSPS) is 16.0. The van der Waals surface area contributed by atoms with Crippen molar-refractivity contribution in [3.05, 3.63) is 48.5 Å². The summed E-state index contributed by atoms with van der Waals surface area (Å²) in [4.78, 5) is 12.2. The Morgan fingerprint density at radius 3 is 2.64 bits per heavy atom. The van der Waals surface area contributed by atoms with E-state index in [9.17, 15) is 4.79 Å². The van der Waals surface area contributed by atoms with Gasteiger partial charge in [0, 0.05) is 5.69 Å². The van der Waals surface area contributed by atoms with E-state index in [2.05, 4.69) is 5.32 Å². The van der Waals surface area contributed by atoms with E-state index in [1.807, 2.05) is 37.3 Å². The van der Waals surface area contributed by atoms with Crippen molar-refractivity contribution in [1.29, 1.82) is 0 Å². The van der Waals surface area contributed by atoms with Crippen LogP contribution in [0.5, 0.6) is 17.2 Å². The molecule has 0 bridgehead atoms. The van der Waals surface area contributed by atoms with Gasteiger partial charge >= 0.3 is 0 Å². The monoisotopic (exact) mass is 299 g/mol. The third-order valence-corrected chi connectivity index (χ3v) is 3.23. The molecule has 0 aromatic heterocycles. The number of ether oxygens (including phenoxy) is 3. The molecular weight excluding hydrogens is 282 g/mol. The van der Waals surface area contributed by atoms with Crippen molar-refractivity contribution in [1.82, 2.24) is 0 Å². The molecule has 0 saturated heterocycles. The maximum atomic E-state index is 12.2. The Morgan fingerprint density at radius 2 is 1.91 bits per heavy atom. The number of hydrogen-bond acceptors (Lipinski definition) is 4. The van der Waals surface area contributed by atoms with Gasteiger partial charge in [-0.25, -0.2) is 0 Å². The van der Waals surface area contributed by atoms with E-state index in [4.69, 9.17) is 14.2 Å². The summed E-state index contributed by atoms with van der Waals surface area (Å²) >= 11 is 0. The number of rotatable bonds is 4. The molecule has 1 aliphatic heterocycles. The van der Waals surface area contributed by atoms with Crippen molar-refractivity contribution in [2.45, 2.75) is 13.0 Å². The summed E-state index contributed by atoms with van der Waals surface area (Å²) < 4.78 is 16.6. The molecule has 0 spiro atoms. The number of carbonyl (C=O) groups excluding carboxylic acids is 1. The Bertz CT molecular complexity index is 654. The number of amides is 1. The van der Waals surface area contributed by atoms with Gasteiger partial charge in [-0.15, -0.1) is 0 Å². The summed E-state index contributed by atoms with van der Waals surface area (Å²) in [6.07, 6.45) is -0.665. The van der Waals surface area contributed by atoms with Crippen LogP contribution in [-0.2, 0) is 4.79 Å². The molecule has 0 radical (unpaired) electrons. The Kier molecular flexibility index (Phi) is 4.14. The number of para-hydroxylation sites is 2. The number of anilines is 1. The number of benzene rings is 2. The first-order valence-electron chi connectivity index (χ1n) is 7.18. The van der Waals surface area contributed by atoms with Gasteiger partial charge in [0.05, 0.1) is 6.61 Å². The Balaban J connectivity index is 1.63. The smallest absolute Gasteiger partial charge is 0.269 e. The minimum atomic E-state index is -0.665. The lowest BCUT2D eigenvalue weighted by atomic mass is 10.2. The van der Waals surface area contributed by atoms with Crippen LogP contribution in [0.1, 0.15) is 6.92 Å². The van der Waals surface area contributed by atoms with Crippen LogP contribution >= 0.6 is 0 Å². The van der Waals surface area contributed by atoms with Gasteiger partial charge < -0.3 is 19.5 Å². The predicted octanol–water partition coefficient (Wildman–Crippen LogP) is 2.86. The van der Waals surface area contributed by atoms with E-state index in [1.54, 1.807) is 18.2 Å². The first kappa shape index (κ1) is 14.3. The maximum absolute atomic E-state index is 12.2. The number of carbonyl (C=O) groups is 1. The second-order valence-electron chi connectivity index (χ2n) is 4.81. The largest absolute Gasteiger partial charge is 0.494 e. The quantitative estimate of drug-likeness (QED) is 0.943. The summed E-state index contributed by atoms with van der Waals surface area (Å²) in [6.45, 7) is 2.73.